The number of hydrogen-bond donors (Lipinski definition) is 2. The van der Waals surface area contributed by atoms with E-state index < -0.39 is 0 Å². The fourth-order valence-electron chi connectivity index (χ4n) is 3.40. The van der Waals surface area contributed by atoms with Crippen molar-refractivity contribution in [2.24, 2.45) is 4.99 Å². The summed E-state index contributed by atoms with van der Waals surface area (Å²) >= 11 is 0. The van der Waals surface area contributed by atoms with Gasteiger partial charge in [0.25, 0.3) is 5.69 Å². The molecule has 1 saturated carbocycles. The third-order valence-electron chi connectivity index (χ3n) is 5.10. The summed E-state index contributed by atoms with van der Waals surface area (Å²) in [5.41, 5.74) is 2.49. The van der Waals surface area contributed by atoms with Crippen LogP contribution in [0.4, 0.5) is 5.69 Å². The molecule has 6 heteroatoms. The van der Waals surface area contributed by atoms with E-state index in [1.807, 2.05) is 12.1 Å². The van der Waals surface area contributed by atoms with E-state index >= 15 is 0 Å². The predicted octanol–water partition coefficient (Wildman–Crippen LogP) is 3.38. The molecule has 0 atom stereocenters. The Kier molecular flexibility index (Phi) is 5.51. The van der Waals surface area contributed by atoms with E-state index in [1.54, 1.807) is 19.2 Å². The van der Waals surface area contributed by atoms with Crippen LogP contribution in [-0.4, -0.2) is 24.5 Å². The van der Waals surface area contributed by atoms with Crippen LogP contribution in [0, 0.1) is 10.1 Å². The van der Waals surface area contributed by atoms with E-state index in [-0.39, 0.29) is 16.0 Å². The molecule has 0 amide bonds. The van der Waals surface area contributed by atoms with Gasteiger partial charge in [0.15, 0.2) is 5.96 Å². The van der Waals surface area contributed by atoms with Crippen LogP contribution in [0.5, 0.6) is 0 Å². The Morgan fingerprint density at radius 2 is 1.92 bits per heavy atom. The number of guanidine groups is 1. The second-order valence-corrected chi connectivity index (χ2v) is 6.71. The number of benzene rings is 2. The van der Waals surface area contributed by atoms with Gasteiger partial charge < -0.3 is 10.6 Å². The summed E-state index contributed by atoms with van der Waals surface area (Å²) in [5.74, 6) is 0.707. The van der Waals surface area contributed by atoms with Crippen molar-refractivity contribution in [1.29, 1.82) is 0 Å². The molecule has 1 aliphatic carbocycles. The van der Waals surface area contributed by atoms with Crippen molar-refractivity contribution in [3.63, 3.8) is 0 Å². The van der Waals surface area contributed by atoms with Crippen LogP contribution in [0.15, 0.2) is 59.6 Å². The van der Waals surface area contributed by atoms with E-state index in [2.05, 4.69) is 39.9 Å². The fraction of sp³-hybridized carbons (Fsp3) is 0.350. The lowest BCUT2D eigenvalue weighted by molar-refractivity contribution is -0.384. The Labute approximate surface area is 153 Å². The number of nitrogens with one attached hydrogen (secondary N) is 2. The maximum Gasteiger partial charge on any atom is 0.269 e. The van der Waals surface area contributed by atoms with E-state index in [0.717, 1.165) is 12.1 Å². The van der Waals surface area contributed by atoms with Crippen molar-refractivity contribution in [2.45, 2.75) is 31.2 Å². The molecule has 0 saturated heterocycles. The summed E-state index contributed by atoms with van der Waals surface area (Å²) in [7, 11) is 1.73. The van der Waals surface area contributed by atoms with Crippen molar-refractivity contribution in [1.82, 2.24) is 10.6 Å². The highest BCUT2D eigenvalue weighted by Crippen LogP contribution is 2.43. The molecule has 2 N–H and O–H groups in total. The van der Waals surface area contributed by atoms with Crippen molar-refractivity contribution < 1.29 is 4.92 Å². The maximum atomic E-state index is 10.9. The normalized spacial score (nSPS) is 15.8. The molecule has 2 aromatic rings. The molecule has 6 nitrogen and oxygen atoms in total. The summed E-state index contributed by atoms with van der Waals surface area (Å²) in [4.78, 5) is 14.8. The molecular weight excluding hydrogens is 328 g/mol. The number of nitrogens with zero attached hydrogens (tertiary/aromatic N) is 2. The Balaban J connectivity index is 1.58. The second-order valence-electron chi connectivity index (χ2n) is 6.71. The van der Waals surface area contributed by atoms with Crippen LogP contribution in [0.25, 0.3) is 0 Å². The molecule has 26 heavy (non-hydrogen) atoms. The smallest absolute Gasteiger partial charge is 0.269 e. The Bertz CT molecular complexity index is 785. The quantitative estimate of drug-likeness (QED) is 0.361. The lowest BCUT2D eigenvalue weighted by Gasteiger charge is -2.43. The topological polar surface area (TPSA) is 79.6 Å². The maximum absolute atomic E-state index is 10.9. The van der Waals surface area contributed by atoms with Crippen LogP contribution in [0.3, 0.4) is 0 Å². The van der Waals surface area contributed by atoms with Gasteiger partial charge in [-0.05, 0) is 24.0 Å². The van der Waals surface area contributed by atoms with Crippen LogP contribution in [0.1, 0.15) is 30.4 Å². The van der Waals surface area contributed by atoms with Gasteiger partial charge in [-0.3, -0.25) is 15.1 Å². The lowest BCUT2D eigenvalue weighted by atomic mass is 9.64. The molecule has 3 rings (SSSR count). The Morgan fingerprint density at radius 1 is 1.15 bits per heavy atom. The van der Waals surface area contributed by atoms with Gasteiger partial charge in [0.2, 0.25) is 0 Å². The molecule has 0 heterocycles. The zero-order valence-electron chi connectivity index (χ0n) is 14.9. The summed E-state index contributed by atoms with van der Waals surface area (Å²) in [6.45, 7) is 1.31. The van der Waals surface area contributed by atoms with Crippen LogP contribution >= 0.6 is 0 Å². The van der Waals surface area contributed by atoms with Gasteiger partial charge in [-0.25, -0.2) is 0 Å². The first-order valence-electron chi connectivity index (χ1n) is 8.86. The first-order chi connectivity index (χ1) is 12.6. The molecule has 2 aromatic carbocycles. The zero-order chi connectivity index (χ0) is 18.4. The van der Waals surface area contributed by atoms with Gasteiger partial charge in [0.1, 0.15) is 0 Å². The number of aliphatic imine (C=N–C) groups is 1. The molecular formula is C20H24N4O2. The molecule has 0 bridgehead atoms. The largest absolute Gasteiger partial charge is 0.356 e. The summed E-state index contributed by atoms with van der Waals surface area (Å²) < 4.78 is 0. The van der Waals surface area contributed by atoms with Crippen molar-refractivity contribution in [3.8, 4) is 0 Å². The van der Waals surface area contributed by atoms with Gasteiger partial charge >= 0.3 is 0 Å². The average Bonchev–Trinajstić information content (AvgIpc) is 2.64. The SMILES string of the molecule is CN=C(NCc1cccc([N+](=O)[O-])c1)NCC1(c2ccccc2)CCC1. The van der Waals surface area contributed by atoms with E-state index in [0.29, 0.717) is 12.5 Å². The number of nitro benzene ring substituents is 1. The van der Waals surface area contributed by atoms with Gasteiger partial charge in [-0.2, -0.15) is 0 Å². The third-order valence-corrected chi connectivity index (χ3v) is 5.10. The van der Waals surface area contributed by atoms with Crippen molar-refractivity contribution in [2.75, 3.05) is 13.6 Å². The lowest BCUT2D eigenvalue weighted by Crippen LogP contribution is -2.48. The van der Waals surface area contributed by atoms with E-state index in [9.17, 15) is 10.1 Å². The van der Waals surface area contributed by atoms with Gasteiger partial charge in [0, 0.05) is 37.7 Å². The zero-order valence-corrected chi connectivity index (χ0v) is 14.9. The summed E-state index contributed by atoms with van der Waals surface area (Å²) in [5, 5.41) is 17.5. The minimum atomic E-state index is -0.378. The fourth-order valence-corrected chi connectivity index (χ4v) is 3.40. The van der Waals surface area contributed by atoms with E-state index in [1.165, 1.54) is 30.9 Å². The molecule has 0 radical (unpaired) electrons. The van der Waals surface area contributed by atoms with Crippen LogP contribution < -0.4 is 10.6 Å². The average molecular weight is 352 g/mol. The molecule has 1 aliphatic rings. The predicted molar refractivity (Wildman–Crippen MR) is 103 cm³/mol. The minimum Gasteiger partial charge on any atom is -0.356 e. The van der Waals surface area contributed by atoms with Gasteiger partial charge in [-0.1, -0.05) is 48.9 Å². The first-order valence-corrected chi connectivity index (χ1v) is 8.86. The van der Waals surface area contributed by atoms with Gasteiger partial charge in [-0.15, -0.1) is 0 Å². The Hall–Kier alpha value is -2.89. The molecule has 0 unspecified atom stereocenters. The second kappa shape index (κ2) is 7.99. The number of hydrogen-bond acceptors (Lipinski definition) is 3. The van der Waals surface area contributed by atoms with Crippen LogP contribution in [-0.2, 0) is 12.0 Å². The summed E-state index contributed by atoms with van der Waals surface area (Å²) in [6, 6.07) is 17.3. The van der Waals surface area contributed by atoms with E-state index in [4.69, 9.17) is 0 Å². The molecule has 0 aromatic heterocycles. The first kappa shape index (κ1) is 17.9. The Morgan fingerprint density at radius 3 is 2.54 bits per heavy atom. The minimum absolute atomic E-state index is 0.102. The molecule has 0 spiro atoms. The highest BCUT2D eigenvalue weighted by atomic mass is 16.6. The summed E-state index contributed by atoms with van der Waals surface area (Å²) in [6.07, 6.45) is 3.59. The number of rotatable bonds is 6. The molecule has 1 fully saturated rings. The number of non-ortho nitro benzene ring substituents is 1. The number of nitro groups is 1. The van der Waals surface area contributed by atoms with Crippen molar-refractivity contribution in [3.05, 3.63) is 75.8 Å². The van der Waals surface area contributed by atoms with Crippen molar-refractivity contribution >= 4 is 11.6 Å². The monoisotopic (exact) mass is 352 g/mol. The highest BCUT2D eigenvalue weighted by Gasteiger charge is 2.38. The molecule has 136 valence electrons. The molecule has 0 aliphatic heterocycles. The highest BCUT2D eigenvalue weighted by molar-refractivity contribution is 5.79. The van der Waals surface area contributed by atoms with Gasteiger partial charge in [0.05, 0.1) is 4.92 Å². The third kappa shape index (κ3) is 4.02. The van der Waals surface area contributed by atoms with Crippen LogP contribution in [0.2, 0.25) is 0 Å². The standard InChI is InChI=1S/C20H24N4O2/c1-21-19(22-14-16-7-5-10-18(13-16)24(25)26)23-15-20(11-6-12-20)17-8-3-2-4-9-17/h2-5,7-10,13H,6,11-12,14-15H2,1H3,(H2,21,22,23).